The molecule has 1 aromatic heterocycles. The molecule has 0 unspecified atom stereocenters. The quantitative estimate of drug-likeness (QED) is 0.730. The molecule has 3 rings (SSSR count). The molecular weight excluding hydrogens is 328 g/mol. The molecule has 0 amide bonds. The molecule has 0 aliphatic rings. The van der Waals surface area contributed by atoms with Crippen LogP contribution in [0.2, 0.25) is 0 Å². The molecule has 1 heterocycles. The Kier molecular flexibility index (Phi) is 2.97. The molecule has 102 valence electrons. The van der Waals surface area contributed by atoms with Crippen molar-refractivity contribution in [3.8, 4) is 5.69 Å². The van der Waals surface area contributed by atoms with Crippen LogP contribution in [0.5, 0.6) is 0 Å². The maximum atomic E-state index is 13.7. The normalized spacial score (nSPS) is 11.2. The average Bonchev–Trinajstić information content (AvgIpc) is 2.64. The van der Waals surface area contributed by atoms with E-state index in [0.29, 0.717) is 11.2 Å². The van der Waals surface area contributed by atoms with Crippen molar-refractivity contribution in [1.29, 1.82) is 0 Å². The first-order valence-corrected chi connectivity index (χ1v) is 6.65. The largest absolute Gasteiger partial charge is 0.369 e. The van der Waals surface area contributed by atoms with Crippen molar-refractivity contribution in [2.75, 3.05) is 5.73 Å². The number of nitrogen functional groups attached to an aromatic ring is 1. The minimum atomic E-state index is -0.725. The molecule has 0 aliphatic carbocycles. The lowest BCUT2D eigenvalue weighted by Gasteiger charge is -2.08. The number of nitrogens with zero attached hydrogens (tertiary/aromatic N) is 2. The van der Waals surface area contributed by atoms with Gasteiger partial charge in [0.15, 0.2) is 5.82 Å². The van der Waals surface area contributed by atoms with Gasteiger partial charge in [0.05, 0.1) is 11.2 Å². The molecule has 20 heavy (non-hydrogen) atoms. The average molecular weight is 338 g/mol. The first kappa shape index (κ1) is 13.1. The van der Waals surface area contributed by atoms with Gasteiger partial charge in [-0.3, -0.25) is 4.57 Å². The van der Waals surface area contributed by atoms with Crippen LogP contribution in [-0.2, 0) is 0 Å². The summed E-state index contributed by atoms with van der Waals surface area (Å²) in [5, 5.41) is 0. The molecule has 2 aromatic carbocycles. The van der Waals surface area contributed by atoms with Crippen LogP contribution in [-0.4, -0.2) is 9.55 Å². The first-order chi connectivity index (χ1) is 9.45. The summed E-state index contributed by atoms with van der Waals surface area (Å²) in [6, 6.07) is 7.63. The Morgan fingerprint density at radius 2 is 1.90 bits per heavy atom. The summed E-state index contributed by atoms with van der Waals surface area (Å²) in [5.74, 6) is -1.28. The van der Waals surface area contributed by atoms with E-state index in [4.69, 9.17) is 5.73 Å². The summed E-state index contributed by atoms with van der Waals surface area (Å²) in [6.45, 7) is 1.92. The number of hydrogen-bond donors (Lipinski definition) is 1. The van der Waals surface area contributed by atoms with Gasteiger partial charge in [-0.25, -0.2) is 13.8 Å². The number of imidazole rings is 1. The van der Waals surface area contributed by atoms with Gasteiger partial charge < -0.3 is 5.73 Å². The number of benzene rings is 2. The zero-order valence-corrected chi connectivity index (χ0v) is 12.1. The van der Waals surface area contributed by atoms with Gasteiger partial charge in [0.1, 0.15) is 11.3 Å². The van der Waals surface area contributed by atoms with Gasteiger partial charge in [-0.2, -0.15) is 0 Å². The van der Waals surface area contributed by atoms with Crippen LogP contribution >= 0.6 is 15.9 Å². The van der Waals surface area contributed by atoms with E-state index in [9.17, 15) is 8.78 Å². The standard InChI is InChI=1S/C14H10BrF2N3/c1-7-2-8(15)4-10(3-7)20-12-6-9(16)5-11(17)13(12)19-14(20)18/h2-6H,1H3,(H2,18,19). The van der Waals surface area contributed by atoms with Gasteiger partial charge >= 0.3 is 0 Å². The topological polar surface area (TPSA) is 43.8 Å². The molecule has 0 radical (unpaired) electrons. The van der Waals surface area contributed by atoms with E-state index in [2.05, 4.69) is 20.9 Å². The van der Waals surface area contributed by atoms with E-state index in [-0.39, 0.29) is 11.5 Å². The van der Waals surface area contributed by atoms with E-state index < -0.39 is 11.6 Å². The van der Waals surface area contributed by atoms with Crippen molar-refractivity contribution in [3.05, 3.63) is 52.0 Å². The van der Waals surface area contributed by atoms with Gasteiger partial charge in [-0.15, -0.1) is 0 Å². The Labute approximate surface area is 122 Å². The smallest absolute Gasteiger partial charge is 0.206 e. The van der Waals surface area contributed by atoms with Crippen molar-refractivity contribution in [1.82, 2.24) is 9.55 Å². The summed E-state index contributed by atoms with van der Waals surface area (Å²) < 4.78 is 29.5. The molecule has 0 atom stereocenters. The zero-order valence-electron chi connectivity index (χ0n) is 10.5. The highest BCUT2D eigenvalue weighted by atomic mass is 79.9. The van der Waals surface area contributed by atoms with Crippen molar-refractivity contribution in [3.63, 3.8) is 0 Å². The van der Waals surface area contributed by atoms with Crippen molar-refractivity contribution in [2.24, 2.45) is 0 Å². The summed E-state index contributed by atoms with van der Waals surface area (Å²) in [4.78, 5) is 3.97. The highest BCUT2D eigenvalue weighted by molar-refractivity contribution is 9.10. The molecule has 6 heteroatoms. The van der Waals surface area contributed by atoms with Crippen LogP contribution in [0.3, 0.4) is 0 Å². The predicted octanol–water partition coefficient (Wildman–Crippen LogP) is 3.96. The molecule has 0 aliphatic heterocycles. The fraction of sp³-hybridized carbons (Fsp3) is 0.0714. The lowest BCUT2D eigenvalue weighted by atomic mass is 10.2. The Balaban J connectivity index is 2.38. The molecule has 0 saturated heterocycles. The van der Waals surface area contributed by atoms with E-state index in [1.807, 2.05) is 25.1 Å². The molecular formula is C14H10BrF2N3. The summed E-state index contributed by atoms with van der Waals surface area (Å²) in [7, 11) is 0. The Morgan fingerprint density at radius 3 is 2.60 bits per heavy atom. The van der Waals surface area contributed by atoms with Crippen LogP contribution in [0.1, 0.15) is 5.56 Å². The van der Waals surface area contributed by atoms with Gasteiger partial charge in [-0.05, 0) is 30.7 Å². The van der Waals surface area contributed by atoms with Crippen molar-refractivity contribution < 1.29 is 8.78 Å². The number of halogens is 3. The zero-order chi connectivity index (χ0) is 14.4. The number of aryl methyl sites for hydroxylation is 1. The number of rotatable bonds is 1. The number of aromatic nitrogens is 2. The molecule has 3 nitrogen and oxygen atoms in total. The van der Waals surface area contributed by atoms with E-state index in [1.165, 1.54) is 10.6 Å². The van der Waals surface area contributed by atoms with E-state index >= 15 is 0 Å². The van der Waals surface area contributed by atoms with Crippen LogP contribution < -0.4 is 5.73 Å². The maximum absolute atomic E-state index is 13.7. The second-order valence-corrected chi connectivity index (χ2v) is 5.46. The van der Waals surface area contributed by atoms with Crippen LogP contribution in [0.4, 0.5) is 14.7 Å². The number of anilines is 1. The Hall–Kier alpha value is -1.95. The minimum absolute atomic E-state index is 0.0570. The third kappa shape index (κ3) is 2.06. The third-order valence-corrected chi connectivity index (χ3v) is 3.45. The third-order valence-electron chi connectivity index (χ3n) is 2.99. The van der Waals surface area contributed by atoms with Crippen molar-refractivity contribution >= 4 is 32.9 Å². The van der Waals surface area contributed by atoms with E-state index in [0.717, 1.165) is 16.1 Å². The Bertz CT molecular complexity index is 807. The first-order valence-electron chi connectivity index (χ1n) is 5.86. The van der Waals surface area contributed by atoms with Crippen molar-refractivity contribution in [2.45, 2.75) is 6.92 Å². The fourth-order valence-electron chi connectivity index (χ4n) is 2.24. The summed E-state index contributed by atoms with van der Waals surface area (Å²) in [6.07, 6.45) is 0. The molecule has 0 spiro atoms. The van der Waals surface area contributed by atoms with Crippen LogP contribution in [0.15, 0.2) is 34.8 Å². The number of nitrogens with two attached hydrogens (primary N) is 1. The SMILES string of the molecule is Cc1cc(Br)cc(-n2c(N)nc3c(F)cc(F)cc32)c1. The second kappa shape index (κ2) is 4.56. The minimum Gasteiger partial charge on any atom is -0.369 e. The van der Waals surface area contributed by atoms with Gasteiger partial charge in [0.2, 0.25) is 5.95 Å². The second-order valence-electron chi connectivity index (χ2n) is 4.55. The highest BCUT2D eigenvalue weighted by Crippen LogP contribution is 2.28. The fourth-order valence-corrected chi connectivity index (χ4v) is 2.83. The summed E-state index contributed by atoms with van der Waals surface area (Å²) >= 11 is 3.39. The lowest BCUT2D eigenvalue weighted by molar-refractivity contribution is 0.590. The van der Waals surface area contributed by atoms with Crippen LogP contribution in [0.25, 0.3) is 16.7 Å². The molecule has 0 saturated carbocycles. The maximum Gasteiger partial charge on any atom is 0.206 e. The van der Waals surface area contributed by atoms with E-state index in [1.54, 1.807) is 0 Å². The van der Waals surface area contributed by atoms with Crippen LogP contribution in [0, 0.1) is 18.6 Å². The Morgan fingerprint density at radius 1 is 1.15 bits per heavy atom. The number of hydrogen-bond acceptors (Lipinski definition) is 2. The highest BCUT2D eigenvalue weighted by Gasteiger charge is 2.15. The van der Waals surface area contributed by atoms with Gasteiger partial charge in [-0.1, -0.05) is 15.9 Å². The molecule has 3 aromatic rings. The monoisotopic (exact) mass is 337 g/mol. The number of fused-ring (bicyclic) bond motifs is 1. The lowest BCUT2D eigenvalue weighted by Crippen LogP contribution is -2.01. The van der Waals surface area contributed by atoms with Gasteiger partial charge in [0.25, 0.3) is 0 Å². The predicted molar refractivity (Wildman–Crippen MR) is 77.8 cm³/mol. The molecule has 0 fully saturated rings. The van der Waals surface area contributed by atoms with Gasteiger partial charge in [0, 0.05) is 16.6 Å². The molecule has 0 bridgehead atoms. The summed E-state index contributed by atoms with van der Waals surface area (Å²) in [5.41, 5.74) is 7.90. The molecule has 2 N–H and O–H groups in total.